The highest BCUT2D eigenvalue weighted by Crippen LogP contribution is 2.26. The molecule has 2 aromatic rings. The van der Waals surface area contributed by atoms with Crippen molar-refractivity contribution in [3.63, 3.8) is 0 Å². The molecule has 0 spiro atoms. The molecule has 4 heteroatoms. The Hall–Kier alpha value is -1.39. The van der Waals surface area contributed by atoms with Gasteiger partial charge in [0.25, 0.3) is 0 Å². The van der Waals surface area contributed by atoms with Crippen LogP contribution in [0.15, 0.2) is 29.6 Å². The van der Waals surface area contributed by atoms with Crippen molar-refractivity contribution in [2.45, 2.75) is 39.4 Å². The summed E-state index contributed by atoms with van der Waals surface area (Å²) in [5.41, 5.74) is 1.88. The molecule has 19 heavy (non-hydrogen) atoms. The van der Waals surface area contributed by atoms with Crippen LogP contribution >= 0.6 is 11.3 Å². The molecule has 1 heterocycles. The zero-order valence-electron chi connectivity index (χ0n) is 11.5. The third-order valence-corrected chi connectivity index (χ3v) is 3.98. The van der Waals surface area contributed by atoms with E-state index in [1.54, 1.807) is 11.3 Å². The first kappa shape index (κ1) is 14.0. The van der Waals surface area contributed by atoms with Gasteiger partial charge in [-0.2, -0.15) is 0 Å². The minimum absolute atomic E-state index is 0.0298. The van der Waals surface area contributed by atoms with Gasteiger partial charge in [0.05, 0.1) is 17.3 Å². The van der Waals surface area contributed by atoms with Gasteiger partial charge >= 0.3 is 0 Å². The Morgan fingerprint density at radius 1 is 1.32 bits per heavy atom. The highest BCUT2D eigenvalue weighted by Gasteiger charge is 2.17. The Morgan fingerprint density at radius 2 is 2.11 bits per heavy atom. The highest BCUT2D eigenvalue weighted by atomic mass is 32.1. The fraction of sp³-hybridized carbons (Fsp3) is 0.400. The Kier molecular flexibility index (Phi) is 4.22. The van der Waals surface area contributed by atoms with E-state index in [4.69, 9.17) is 9.84 Å². The molecular formula is C15H19NO2S. The topological polar surface area (TPSA) is 42.4 Å². The van der Waals surface area contributed by atoms with Crippen molar-refractivity contribution in [1.29, 1.82) is 0 Å². The second kappa shape index (κ2) is 5.72. The molecule has 0 bridgehead atoms. The summed E-state index contributed by atoms with van der Waals surface area (Å²) in [6.45, 7) is 6.95. The standard InChI is InChI=1S/C15H19NO2S/c1-15(2,3)14-16-12(10-19-14)9-18-13-6-4-5-11(7-13)8-17/h4-7,10,17H,8-9H2,1-3H3. The fourth-order valence-corrected chi connectivity index (χ4v) is 2.50. The highest BCUT2D eigenvalue weighted by molar-refractivity contribution is 7.09. The number of hydrogen-bond donors (Lipinski definition) is 1. The van der Waals surface area contributed by atoms with E-state index in [2.05, 4.69) is 25.8 Å². The zero-order chi connectivity index (χ0) is 13.9. The molecule has 0 aliphatic rings. The van der Waals surface area contributed by atoms with Gasteiger partial charge in [0.15, 0.2) is 0 Å². The third kappa shape index (κ3) is 3.78. The fourth-order valence-electron chi connectivity index (χ4n) is 1.61. The first-order chi connectivity index (χ1) is 8.99. The first-order valence-electron chi connectivity index (χ1n) is 6.26. The van der Waals surface area contributed by atoms with E-state index >= 15 is 0 Å². The predicted octanol–water partition coefficient (Wildman–Crippen LogP) is 3.51. The molecule has 0 saturated carbocycles. The molecule has 2 rings (SSSR count). The van der Waals surface area contributed by atoms with Crippen LogP contribution in [0, 0.1) is 0 Å². The summed E-state index contributed by atoms with van der Waals surface area (Å²) in [7, 11) is 0. The van der Waals surface area contributed by atoms with Crippen molar-refractivity contribution in [2.24, 2.45) is 0 Å². The maximum Gasteiger partial charge on any atom is 0.131 e. The van der Waals surface area contributed by atoms with Crippen molar-refractivity contribution in [2.75, 3.05) is 0 Å². The molecule has 0 aliphatic carbocycles. The summed E-state index contributed by atoms with van der Waals surface area (Å²) >= 11 is 1.67. The monoisotopic (exact) mass is 277 g/mol. The summed E-state index contributed by atoms with van der Waals surface area (Å²) in [5.74, 6) is 0.761. The van der Waals surface area contributed by atoms with E-state index in [-0.39, 0.29) is 12.0 Å². The lowest BCUT2D eigenvalue weighted by Gasteiger charge is -2.13. The van der Waals surface area contributed by atoms with Gasteiger partial charge < -0.3 is 9.84 Å². The molecule has 0 amide bonds. The maximum absolute atomic E-state index is 9.07. The van der Waals surface area contributed by atoms with Crippen LogP contribution in [0.1, 0.15) is 37.0 Å². The van der Waals surface area contributed by atoms with Crippen LogP contribution in [0.4, 0.5) is 0 Å². The molecule has 102 valence electrons. The minimum Gasteiger partial charge on any atom is -0.487 e. The molecule has 0 fully saturated rings. The average Bonchev–Trinajstić information content (AvgIpc) is 2.85. The van der Waals surface area contributed by atoms with Crippen LogP contribution in [-0.4, -0.2) is 10.1 Å². The van der Waals surface area contributed by atoms with Gasteiger partial charge in [0.1, 0.15) is 12.4 Å². The second-order valence-electron chi connectivity index (χ2n) is 5.49. The molecule has 0 atom stereocenters. The number of hydrogen-bond acceptors (Lipinski definition) is 4. The molecule has 1 aromatic heterocycles. The summed E-state index contributed by atoms with van der Waals surface area (Å²) in [6.07, 6.45) is 0. The van der Waals surface area contributed by atoms with E-state index in [1.165, 1.54) is 0 Å². The number of rotatable bonds is 4. The SMILES string of the molecule is CC(C)(C)c1nc(COc2cccc(CO)c2)cs1. The average molecular weight is 277 g/mol. The Morgan fingerprint density at radius 3 is 2.74 bits per heavy atom. The number of benzene rings is 1. The van der Waals surface area contributed by atoms with Crippen molar-refractivity contribution in [3.8, 4) is 5.75 Å². The molecule has 1 N–H and O–H groups in total. The van der Waals surface area contributed by atoms with E-state index in [0.717, 1.165) is 22.0 Å². The smallest absolute Gasteiger partial charge is 0.131 e. The molecule has 0 aliphatic heterocycles. The van der Waals surface area contributed by atoms with Gasteiger partial charge in [-0.05, 0) is 17.7 Å². The number of aliphatic hydroxyl groups is 1. The van der Waals surface area contributed by atoms with Crippen LogP contribution in [-0.2, 0) is 18.6 Å². The zero-order valence-corrected chi connectivity index (χ0v) is 12.3. The lowest BCUT2D eigenvalue weighted by atomic mass is 9.98. The number of aromatic nitrogens is 1. The normalized spacial score (nSPS) is 11.6. The second-order valence-corrected chi connectivity index (χ2v) is 6.35. The van der Waals surface area contributed by atoms with Crippen LogP contribution in [0.5, 0.6) is 5.75 Å². The number of aliphatic hydroxyl groups excluding tert-OH is 1. The van der Waals surface area contributed by atoms with E-state index < -0.39 is 0 Å². The third-order valence-electron chi connectivity index (χ3n) is 2.66. The van der Waals surface area contributed by atoms with E-state index in [1.807, 2.05) is 29.6 Å². The number of thiazole rings is 1. The lowest BCUT2D eigenvalue weighted by molar-refractivity contribution is 0.277. The number of ether oxygens (including phenoxy) is 1. The molecule has 0 unspecified atom stereocenters. The van der Waals surface area contributed by atoms with Crippen molar-refractivity contribution in [1.82, 2.24) is 4.98 Å². The molecule has 3 nitrogen and oxygen atoms in total. The van der Waals surface area contributed by atoms with Gasteiger partial charge in [-0.1, -0.05) is 32.9 Å². The molecular weight excluding hydrogens is 258 g/mol. The van der Waals surface area contributed by atoms with E-state index in [9.17, 15) is 0 Å². The van der Waals surface area contributed by atoms with Crippen molar-refractivity contribution < 1.29 is 9.84 Å². The lowest BCUT2D eigenvalue weighted by Crippen LogP contribution is -2.10. The largest absolute Gasteiger partial charge is 0.487 e. The molecule has 0 saturated heterocycles. The quantitative estimate of drug-likeness (QED) is 0.930. The first-order valence-corrected chi connectivity index (χ1v) is 7.14. The molecule has 0 radical (unpaired) electrons. The Bertz CT molecular complexity index is 543. The van der Waals surface area contributed by atoms with Crippen LogP contribution in [0.25, 0.3) is 0 Å². The van der Waals surface area contributed by atoms with Crippen LogP contribution < -0.4 is 4.74 Å². The summed E-state index contributed by atoms with van der Waals surface area (Å²) in [6, 6.07) is 7.48. The van der Waals surface area contributed by atoms with Gasteiger partial charge in [-0.3, -0.25) is 0 Å². The Balaban J connectivity index is 2.00. The van der Waals surface area contributed by atoms with Gasteiger partial charge in [-0.25, -0.2) is 4.98 Å². The van der Waals surface area contributed by atoms with Crippen molar-refractivity contribution >= 4 is 11.3 Å². The predicted molar refractivity (Wildman–Crippen MR) is 77.5 cm³/mol. The summed E-state index contributed by atoms with van der Waals surface area (Å²) < 4.78 is 5.69. The summed E-state index contributed by atoms with van der Waals surface area (Å²) in [5, 5.41) is 12.2. The van der Waals surface area contributed by atoms with Crippen LogP contribution in [0.2, 0.25) is 0 Å². The van der Waals surface area contributed by atoms with Gasteiger partial charge in [0.2, 0.25) is 0 Å². The Labute approximate surface area is 117 Å². The van der Waals surface area contributed by atoms with E-state index in [0.29, 0.717) is 6.61 Å². The maximum atomic E-state index is 9.07. The number of nitrogens with zero attached hydrogens (tertiary/aromatic N) is 1. The van der Waals surface area contributed by atoms with Crippen LogP contribution in [0.3, 0.4) is 0 Å². The van der Waals surface area contributed by atoms with Gasteiger partial charge in [0, 0.05) is 10.8 Å². The van der Waals surface area contributed by atoms with Crippen molar-refractivity contribution in [3.05, 3.63) is 45.9 Å². The van der Waals surface area contributed by atoms with Gasteiger partial charge in [-0.15, -0.1) is 11.3 Å². The summed E-state index contributed by atoms with van der Waals surface area (Å²) in [4.78, 5) is 4.58. The molecule has 1 aromatic carbocycles. The minimum atomic E-state index is 0.0298.